The number of rotatable bonds is 5. The SMILES string of the molecule is COc1cc(C=NO)cc(Br)c1OCc1ccc(Cl)cc1Cl. The summed E-state index contributed by atoms with van der Waals surface area (Å²) in [5, 5.41) is 12.7. The Kier molecular flexibility index (Phi) is 5.94. The first-order valence-electron chi connectivity index (χ1n) is 6.17. The molecule has 0 unspecified atom stereocenters. The van der Waals surface area contributed by atoms with Crippen molar-refractivity contribution in [3.05, 3.63) is 56.0 Å². The Morgan fingerprint density at radius 2 is 2.05 bits per heavy atom. The highest BCUT2D eigenvalue weighted by Gasteiger charge is 2.12. The van der Waals surface area contributed by atoms with Crippen molar-refractivity contribution in [2.24, 2.45) is 5.16 Å². The highest BCUT2D eigenvalue weighted by molar-refractivity contribution is 9.10. The van der Waals surface area contributed by atoms with Gasteiger partial charge in [0.1, 0.15) is 6.61 Å². The average Bonchev–Trinajstić information content (AvgIpc) is 2.47. The van der Waals surface area contributed by atoms with Crippen molar-refractivity contribution in [1.82, 2.24) is 0 Å². The van der Waals surface area contributed by atoms with E-state index in [4.69, 9.17) is 37.9 Å². The first-order chi connectivity index (χ1) is 10.5. The highest BCUT2D eigenvalue weighted by Crippen LogP contribution is 2.37. The van der Waals surface area contributed by atoms with Crippen molar-refractivity contribution < 1.29 is 14.7 Å². The van der Waals surface area contributed by atoms with Crippen LogP contribution >= 0.6 is 39.1 Å². The van der Waals surface area contributed by atoms with Crippen molar-refractivity contribution in [2.75, 3.05) is 7.11 Å². The number of methoxy groups -OCH3 is 1. The van der Waals surface area contributed by atoms with Crippen LogP contribution in [0, 0.1) is 0 Å². The molecule has 4 nitrogen and oxygen atoms in total. The van der Waals surface area contributed by atoms with Gasteiger partial charge in [-0.05, 0) is 40.2 Å². The summed E-state index contributed by atoms with van der Waals surface area (Å²) >= 11 is 15.4. The molecule has 1 N–H and O–H groups in total. The van der Waals surface area contributed by atoms with Crippen LogP contribution in [0.15, 0.2) is 40.0 Å². The van der Waals surface area contributed by atoms with E-state index in [1.165, 1.54) is 13.3 Å². The maximum atomic E-state index is 8.61. The van der Waals surface area contributed by atoms with Gasteiger partial charge >= 0.3 is 0 Å². The number of nitrogens with zero attached hydrogens (tertiary/aromatic N) is 1. The molecule has 0 saturated carbocycles. The Hall–Kier alpha value is -1.43. The van der Waals surface area contributed by atoms with E-state index in [0.29, 0.717) is 31.6 Å². The van der Waals surface area contributed by atoms with Crippen LogP contribution in [0.5, 0.6) is 11.5 Å². The Balaban J connectivity index is 2.25. The third-order valence-corrected chi connectivity index (χ3v) is 4.02. The van der Waals surface area contributed by atoms with Crippen LogP contribution in [0.1, 0.15) is 11.1 Å². The van der Waals surface area contributed by atoms with E-state index in [1.54, 1.807) is 30.3 Å². The molecule has 0 aliphatic rings. The van der Waals surface area contributed by atoms with E-state index in [0.717, 1.165) is 5.56 Å². The fourth-order valence-corrected chi connectivity index (χ4v) is 2.85. The number of hydrogen-bond donors (Lipinski definition) is 1. The van der Waals surface area contributed by atoms with Crippen LogP contribution in [-0.2, 0) is 6.61 Å². The zero-order chi connectivity index (χ0) is 16.1. The number of benzene rings is 2. The van der Waals surface area contributed by atoms with Crippen molar-refractivity contribution >= 4 is 45.3 Å². The topological polar surface area (TPSA) is 51.0 Å². The van der Waals surface area contributed by atoms with Gasteiger partial charge in [-0.3, -0.25) is 0 Å². The van der Waals surface area contributed by atoms with Gasteiger partial charge in [0.05, 0.1) is 17.8 Å². The zero-order valence-electron chi connectivity index (χ0n) is 11.5. The predicted octanol–water partition coefficient (Wildman–Crippen LogP) is 5.15. The van der Waals surface area contributed by atoms with Gasteiger partial charge in [-0.2, -0.15) is 0 Å². The van der Waals surface area contributed by atoms with Gasteiger partial charge in [-0.1, -0.05) is 34.4 Å². The minimum Gasteiger partial charge on any atom is -0.493 e. The average molecular weight is 405 g/mol. The van der Waals surface area contributed by atoms with Gasteiger partial charge < -0.3 is 14.7 Å². The van der Waals surface area contributed by atoms with Gasteiger partial charge in [0.25, 0.3) is 0 Å². The van der Waals surface area contributed by atoms with Crippen LogP contribution in [0.25, 0.3) is 0 Å². The third kappa shape index (κ3) is 4.06. The molecule has 0 aliphatic carbocycles. The Morgan fingerprint density at radius 1 is 1.27 bits per heavy atom. The molecule has 0 bridgehead atoms. The van der Waals surface area contributed by atoms with Crippen LogP contribution in [0.2, 0.25) is 10.0 Å². The van der Waals surface area contributed by atoms with E-state index in [9.17, 15) is 0 Å². The van der Waals surface area contributed by atoms with Crippen LogP contribution < -0.4 is 9.47 Å². The number of ether oxygens (including phenoxy) is 2. The van der Waals surface area contributed by atoms with Crippen molar-refractivity contribution in [1.29, 1.82) is 0 Å². The third-order valence-electron chi connectivity index (χ3n) is 2.85. The van der Waals surface area contributed by atoms with Gasteiger partial charge in [0, 0.05) is 21.2 Å². The summed E-state index contributed by atoms with van der Waals surface area (Å²) in [7, 11) is 1.53. The smallest absolute Gasteiger partial charge is 0.175 e. The molecular formula is C15H12BrCl2NO3. The maximum absolute atomic E-state index is 8.61. The molecule has 2 aromatic carbocycles. The molecule has 0 amide bonds. The van der Waals surface area contributed by atoms with Crippen LogP contribution in [-0.4, -0.2) is 18.5 Å². The van der Waals surface area contributed by atoms with Crippen molar-refractivity contribution in [3.63, 3.8) is 0 Å². The van der Waals surface area contributed by atoms with Crippen molar-refractivity contribution in [3.8, 4) is 11.5 Å². The number of halogens is 3. The minimum absolute atomic E-state index is 0.262. The molecule has 0 heterocycles. The first kappa shape index (κ1) is 16.9. The summed E-state index contributed by atoms with van der Waals surface area (Å²) in [6.07, 6.45) is 1.30. The van der Waals surface area contributed by atoms with E-state index in [1.807, 2.05) is 0 Å². The van der Waals surface area contributed by atoms with Gasteiger partial charge in [0.15, 0.2) is 11.5 Å². The second kappa shape index (κ2) is 7.72. The monoisotopic (exact) mass is 403 g/mol. The molecule has 2 aromatic rings. The molecule has 0 spiro atoms. The minimum atomic E-state index is 0.262. The lowest BCUT2D eigenvalue weighted by molar-refractivity contribution is 0.282. The standard InChI is InChI=1S/C15H12BrCl2NO3/c1-21-14-5-9(7-19-20)4-12(16)15(14)22-8-10-2-3-11(17)6-13(10)18/h2-7,20H,8H2,1H3. The van der Waals surface area contributed by atoms with Crippen LogP contribution in [0.3, 0.4) is 0 Å². The zero-order valence-corrected chi connectivity index (χ0v) is 14.6. The van der Waals surface area contributed by atoms with E-state index >= 15 is 0 Å². The Bertz CT molecular complexity index is 707. The fraction of sp³-hybridized carbons (Fsp3) is 0.133. The molecule has 0 saturated heterocycles. The number of hydrogen-bond acceptors (Lipinski definition) is 4. The second-order valence-corrected chi connectivity index (χ2v) is 6.00. The lowest BCUT2D eigenvalue weighted by Crippen LogP contribution is -2.00. The highest BCUT2D eigenvalue weighted by atomic mass is 79.9. The second-order valence-electron chi connectivity index (χ2n) is 4.30. The molecule has 116 valence electrons. The largest absolute Gasteiger partial charge is 0.493 e. The Labute approximate surface area is 146 Å². The lowest BCUT2D eigenvalue weighted by atomic mass is 10.2. The van der Waals surface area contributed by atoms with E-state index in [2.05, 4.69) is 21.1 Å². The lowest BCUT2D eigenvalue weighted by Gasteiger charge is -2.14. The molecule has 0 fully saturated rings. The fourth-order valence-electron chi connectivity index (χ4n) is 1.81. The molecule has 0 aromatic heterocycles. The van der Waals surface area contributed by atoms with Gasteiger partial charge in [-0.25, -0.2) is 0 Å². The van der Waals surface area contributed by atoms with E-state index in [-0.39, 0.29) is 6.61 Å². The summed E-state index contributed by atoms with van der Waals surface area (Å²) in [4.78, 5) is 0. The van der Waals surface area contributed by atoms with Crippen LogP contribution in [0.4, 0.5) is 0 Å². The maximum Gasteiger partial charge on any atom is 0.175 e. The molecular weight excluding hydrogens is 393 g/mol. The van der Waals surface area contributed by atoms with Crippen molar-refractivity contribution in [2.45, 2.75) is 6.61 Å². The molecule has 22 heavy (non-hydrogen) atoms. The summed E-state index contributed by atoms with van der Waals surface area (Å²) in [6.45, 7) is 0.262. The quantitative estimate of drug-likeness (QED) is 0.425. The molecule has 0 radical (unpaired) electrons. The Morgan fingerprint density at radius 3 is 2.68 bits per heavy atom. The normalized spacial score (nSPS) is 10.9. The summed E-state index contributed by atoms with van der Waals surface area (Å²) in [5.74, 6) is 1.04. The van der Waals surface area contributed by atoms with E-state index < -0.39 is 0 Å². The molecule has 0 aliphatic heterocycles. The molecule has 7 heteroatoms. The molecule has 0 atom stereocenters. The summed E-state index contributed by atoms with van der Waals surface area (Å²) < 4.78 is 11.8. The van der Waals surface area contributed by atoms with Gasteiger partial charge in [0.2, 0.25) is 0 Å². The summed E-state index contributed by atoms with van der Waals surface area (Å²) in [5.41, 5.74) is 1.48. The number of oxime groups is 1. The van der Waals surface area contributed by atoms with Gasteiger partial charge in [-0.15, -0.1) is 0 Å². The molecule has 2 rings (SSSR count). The predicted molar refractivity (Wildman–Crippen MR) is 90.9 cm³/mol. The first-order valence-corrected chi connectivity index (χ1v) is 7.71. The summed E-state index contributed by atoms with van der Waals surface area (Å²) in [6, 6.07) is 8.66.